The first-order valence-corrected chi connectivity index (χ1v) is 7.25. The van der Waals surface area contributed by atoms with Gasteiger partial charge in [-0.05, 0) is 30.5 Å². The summed E-state index contributed by atoms with van der Waals surface area (Å²) >= 11 is 0. The van der Waals surface area contributed by atoms with Gasteiger partial charge in [0.25, 0.3) is 0 Å². The third kappa shape index (κ3) is 4.43. The number of alkyl halides is 3. The monoisotopic (exact) mass is 302 g/mol. The minimum absolute atomic E-state index is 0.0709. The highest BCUT2D eigenvalue weighted by Crippen LogP contribution is 2.32. The van der Waals surface area contributed by atoms with Crippen molar-refractivity contribution in [2.45, 2.75) is 25.1 Å². The highest BCUT2D eigenvalue weighted by atomic mass is 19.4. The maximum Gasteiger partial charge on any atom is 0.416 e. The number of benzene rings is 1. The third-order valence-electron chi connectivity index (χ3n) is 3.85. The molecule has 118 valence electrons. The summed E-state index contributed by atoms with van der Waals surface area (Å²) in [7, 11) is 0. The van der Waals surface area contributed by atoms with Crippen molar-refractivity contribution in [2.24, 2.45) is 0 Å². The lowest BCUT2D eigenvalue weighted by molar-refractivity contribution is -0.137. The number of aliphatic hydroxyl groups is 1. The van der Waals surface area contributed by atoms with Crippen LogP contribution in [0.4, 0.5) is 13.2 Å². The Bertz CT molecular complexity index is 428. The molecule has 2 N–H and O–H groups in total. The van der Waals surface area contributed by atoms with Crippen LogP contribution in [-0.2, 0) is 6.18 Å². The Kier molecular flexibility index (Phi) is 5.61. The summed E-state index contributed by atoms with van der Waals surface area (Å²) in [5.74, 6) is 0. The summed E-state index contributed by atoms with van der Waals surface area (Å²) in [6.45, 7) is 3.62. The van der Waals surface area contributed by atoms with Gasteiger partial charge in [-0.2, -0.15) is 13.2 Å². The van der Waals surface area contributed by atoms with Crippen LogP contribution >= 0.6 is 0 Å². The van der Waals surface area contributed by atoms with Crippen LogP contribution in [0.3, 0.4) is 0 Å². The van der Waals surface area contributed by atoms with E-state index in [2.05, 4.69) is 10.2 Å². The molecule has 0 radical (unpaired) electrons. The maximum absolute atomic E-state index is 12.6. The Morgan fingerprint density at radius 2 is 1.76 bits per heavy atom. The second-order valence-electron chi connectivity index (χ2n) is 5.29. The highest BCUT2D eigenvalue weighted by molar-refractivity contribution is 5.27. The van der Waals surface area contributed by atoms with Crippen molar-refractivity contribution in [3.8, 4) is 0 Å². The average Bonchev–Trinajstić information content (AvgIpc) is 2.48. The largest absolute Gasteiger partial charge is 0.416 e. The smallest absolute Gasteiger partial charge is 0.396 e. The molecule has 1 aromatic carbocycles. The van der Waals surface area contributed by atoms with Crippen molar-refractivity contribution >= 4 is 0 Å². The van der Waals surface area contributed by atoms with Crippen molar-refractivity contribution in [3.05, 3.63) is 35.4 Å². The van der Waals surface area contributed by atoms with Gasteiger partial charge in [0.05, 0.1) is 5.56 Å². The van der Waals surface area contributed by atoms with Crippen molar-refractivity contribution in [3.63, 3.8) is 0 Å². The molecule has 1 aromatic rings. The molecule has 0 bridgehead atoms. The fourth-order valence-electron chi connectivity index (χ4n) is 2.73. The Hall–Kier alpha value is -1.11. The quantitative estimate of drug-likeness (QED) is 0.877. The minimum atomic E-state index is -4.30. The molecule has 0 unspecified atom stereocenters. The lowest BCUT2D eigenvalue weighted by atomic mass is 9.98. The summed E-state index contributed by atoms with van der Waals surface area (Å²) in [4.78, 5) is 2.27. The molecule has 21 heavy (non-hydrogen) atoms. The van der Waals surface area contributed by atoms with E-state index in [-0.39, 0.29) is 12.6 Å². The molecule has 2 rings (SSSR count). The second kappa shape index (κ2) is 7.24. The van der Waals surface area contributed by atoms with Crippen molar-refractivity contribution in [2.75, 3.05) is 32.8 Å². The summed E-state index contributed by atoms with van der Waals surface area (Å²) < 4.78 is 37.9. The normalized spacial score (nSPS) is 18.7. The molecular weight excluding hydrogens is 281 g/mol. The van der Waals surface area contributed by atoms with E-state index < -0.39 is 11.7 Å². The predicted molar refractivity (Wildman–Crippen MR) is 74.9 cm³/mol. The Morgan fingerprint density at radius 3 is 2.29 bits per heavy atom. The summed E-state index contributed by atoms with van der Waals surface area (Å²) in [6, 6.07) is 5.48. The topological polar surface area (TPSA) is 35.5 Å². The molecule has 0 saturated carbocycles. The van der Waals surface area contributed by atoms with E-state index in [1.165, 1.54) is 0 Å². The van der Waals surface area contributed by atoms with E-state index >= 15 is 0 Å². The SMILES string of the molecule is OCCC[C@H](c1ccc(C(F)(F)F)cc1)N1CCNCC1. The number of aliphatic hydroxyl groups excluding tert-OH is 1. The highest BCUT2D eigenvalue weighted by Gasteiger charge is 2.30. The lowest BCUT2D eigenvalue weighted by Gasteiger charge is -2.35. The second-order valence-corrected chi connectivity index (χ2v) is 5.29. The number of piperazine rings is 1. The van der Waals surface area contributed by atoms with Crippen LogP contribution in [0.25, 0.3) is 0 Å². The van der Waals surface area contributed by atoms with Crippen LogP contribution < -0.4 is 5.32 Å². The zero-order chi connectivity index (χ0) is 15.3. The number of nitrogens with one attached hydrogen (secondary N) is 1. The van der Waals surface area contributed by atoms with Crippen LogP contribution in [0.2, 0.25) is 0 Å². The van der Waals surface area contributed by atoms with Gasteiger partial charge >= 0.3 is 6.18 Å². The van der Waals surface area contributed by atoms with Crippen molar-refractivity contribution in [1.82, 2.24) is 10.2 Å². The minimum Gasteiger partial charge on any atom is -0.396 e. The Morgan fingerprint density at radius 1 is 1.14 bits per heavy atom. The van der Waals surface area contributed by atoms with Gasteiger partial charge in [-0.3, -0.25) is 4.90 Å². The molecule has 0 spiro atoms. The fourth-order valence-corrected chi connectivity index (χ4v) is 2.73. The first kappa shape index (κ1) is 16.3. The number of rotatable bonds is 5. The van der Waals surface area contributed by atoms with Crippen LogP contribution in [0.15, 0.2) is 24.3 Å². The maximum atomic E-state index is 12.6. The predicted octanol–water partition coefficient (Wildman–Crippen LogP) is 2.42. The molecule has 0 aliphatic carbocycles. The number of halogens is 3. The standard InChI is InChI=1S/C15H21F3N2O/c16-15(17,18)13-5-3-12(4-6-13)14(2-1-11-21)20-9-7-19-8-10-20/h3-6,14,19,21H,1-2,7-11H2/t14-/m1/s1. The number of hydrogen-bond acceptors (Lipinski definition) is 3. The van der Waals surface area contributed by atoms with Crippen LogP contribution in [0.1, 0.15) is 30.0 Å². The van der Waals surface area contributed by atoms with Crippen LogP contribution in [0, 0.1) is 0 Å². The van der Waals surface area contributed by atoms with Gasteiger partial charge in [0.2, 0.25) is 0 Å². The van der Waals surface area contributed by atoms with Crippen molar-refractivity contribution in [1.29, 1.82) is 0 Å². The van der Waals surface area contributed by atoms with Crippen molar-refractivity contribution < 1.29 is 18.3 Å². The molecule has 1 fully saturated rings. The Labute approximate surface area is 122 Å². The van der Waals surface area contributed by atoms with Gasteiger partial charge < -0.3 is 10.4 Å². The van der Waals surface area contributed by atoms with E-state index in [1.807, 2.05) is 0 Å². The molecular formula is C15H21F3N2O. The molecule has 1 aliphatic heterocycles. The first-order valence-electron chi connectivity index (χ1n) is 7.25. The molecule has 6 heteroatoms. The van der Waals surface area contributed by atoms with E-state index in [0.29, 0.717) is 6.42 Å². The number of hydrogen-bond donors (Lipinski definition) is 2. The van der Waals surface area contributed by atoms with Gasteiger partial charge in [0.15, 0.2) is 0 Å². The average molecular weight is 302 g/mol. The first-order chi connectivity index (χ1) is 10.0. The molecule has 1 atom stereocenters. The summed E-state index contributed by atoms with van der Waals surface area (Å²) in [6.07, 6.45) is -2.90. The third-order valence-corrected chi connectivity index (χ3v) is 3.85. The molecule has 1 heterocycles. The summed E-state index contributed by atoms with van der Waals surface area (Å²) in [5.41, 5.74) is 0.269. The molecule has 3 nitrogen and oxygen atoms in total. The molecule has 0 aromatic heterocycles. The fraction of sp³-hybridized carbons (Fsp3) is 0.600. The zero-order valence-electron chi connectivity index (χ0n) is 11.9. The van der Waals surface area contributed by atoms with Gasteiger partial charge in [-0.1, -0.05) is 12.1 Å². The lowest BCUT2D eigenvalue weighted by Crippen LogP contribution is -2.45. The van der Waals surface area contributed by atoms with Gasteiger partial charge in [-0.25, -0.2) is 0 Å². The molecule has 1 saturated heterocycles. The van der Waals surface area contributed by atoms with Crippen LogP contribution in [-0.4, -0.2) is 42.8 Å². The van der Waals surface area contributed by atoms with Gasteiger partial charge in [-0.15, -0.1) is 0 Å². The Balaban J connectivity index is 2.15. The number of nitrogens with zero attached hydrogens (tertiary/aromatic N) is 1. The van der Waals surface area contributed by atoms with Gasteiger partial charge in [0, 0.05) is 38.8 Å². The van der Waals surface area contributed by atoms with E-state index in [1.54, 1.807) is 12.1 Å². The zero-order valence-corrected chi connectivity index (χ0v) is 11.9. The van der Waals surface area contributed by atoms with Crippen LogP contribution in [0.5, 0.6) is 0 Å². The van der Waals surface area contributed by atoms with E-state index in [0.717, 1.165) is 50.3 Å². The van der Waals surface area contributed by atoms with E-state index in [4.69, 9.17) is 5.11 Å². The molecule has 1 aliphatic rings. The van der Waals surface area contributed by atoms with E-state index in [9.17, 15) is 13.2 Å². The summed E-state index contributed by atoms with van der Waals surface area (Å²) in [5, 5.41) is 12.3. The molecule has 0 amide bonds. The van der Waals surface area contributed by atoms with Gasteiger partial charge in [0.1, 0.15) is 0 Å².